The Balaban J connectivity index is 2.48. The van der Waals surface area contributed by atoms with Gasteiger partial charge < -0.3 is 20.5 Å². The minimum atomic E-state index is -0.501. The summed E-state index contributed by atoms with van der Waals surface area (Å²) < 4.78 is 23.4. The topological polar surface area (TPSA) is 73.6 Å². The van der Waals surface area contributed by atoms with Crippen molar-refractivity contribution in [1.82, 2.24) is 5.32 Å². The lowest BCUT2D eigenvalue weighted by Crippen LogP contribution is -2.31. The number of nitrogens with one attached hydrogen (secondary N) is 1. The van der Waals surface area contributed by atoms with Gasteiger partial charge in [0.25, 0.3) is 5.91 Å². The van der Waals surface area contributed by atoms with Gasteiger partial charge in [-0.3, -0.25) is 4.79 Å². The van der Waals surface area contributed by atoms with Gasteiger partial charge in [0.05, 0.1) is 16.8 Å². The fourth-order valence-electron chi connectivity index (χ4n) is 1.16. The molecule has 100 valence electrons. The molecule has 18 heavy (non-hydrogen) atoms. The molecule has 0 aliphatic heterocycles. The Morgan fingerprint density at radius 2 is 2.28 bits per heavy atom. The Labute approximate surface area is 113 Å². The van der Waals surface area contributed by atoms with Crippen LogP contribution >= 0.6 is 15.9 Å². The highest BCUT2D eigenvalue weighted by Crippen LogP contribution is 2.28. The van der Waals surface area contributed by atoms with E-state index in [2.05, 4.69) is 21.2 Å². The Bertz CT molecular complexity index is 429. The highest BCUT2D eigenvalue weighted by Gasteiger charge is 2.09. The number of carbonyl (C=O) groups is 1. The van der Waals surface area contributed by atoms with E-state index in [-0.39, 0.29) is 28.4 Å². The summed E-state index contributed by atoms with van der Waals surface area (Å²) >= 11 is 3.00. The summed E-state index contributed by atoms with van der Waals surface area (Å²) in [6, 6.07) is 2.51. The molecule has 0 spiro atoms. The maximum Gasteiger partial charge on any atom is 0.258 e. The molecule has 1 rings (SSSR count). The van der Waals surface area contributed by atoms with Crippen LogP contribution in [0.1, 0.15) is 0 Å². The lowest BCUT2D eigenvalue weighted by molar-refractivity contribution is -0.123. The maximum atomic E-state index is 13.2. The number of halogens is 2. The van der Waals surface area contributed by atoms with Crippen LogP contribution in [0.3, 0.4) is 0 Å². The van der Waals surface area contributed by atoms with Gasteiger partial charge in [0.15, 0.2) is 6.61 Å². The van der Waals surface area contributed by atoms with Gasteiger partial charge in [0, 0.05) is 19.7 Å². The molecule has 0 heterocycles. The van der Waals surface area contributed by atoms with Gasteiger partial charge in [-0.05, 0) is 22.0 Å². The van der Waals surface area contributed by atoms with E-state index in [9.17, 15) is 9.18 Å². The molecule has 0 radical (unpaired) electrons. The number of methoxy groups -OCH3 is 1. The van der Waals surface area contributed by atoms with Gasteiger partial charge in [-0.25, -0.2) is 4.39 Å². The number of rotatable bonds is 6. The smallest absolute Gasteiger partial charge is 0.258 e. The number of nitrogens with two attached hydrogens (primary N) is 1. The van der Waals surface area contributed by atoms with Crippen LogP contribution in [-0.4, -0.2) is 32.8 Å². The minimum absolute atomic E-state index is 0.137. The fourth-order valence-corrected chi connectivity index (χ4v) is 1.52. The summed E-state index contributed by atoms with van der Waals surface area (Å²) in [6.07, 6.45) is 0. The Morgan fingerprint density at radius 3 is 2.94 bits per heavy atom. The highest BCUT2D eigenvalue weighted by atomic mass is 79.9. The van der Waals surface area contributed by atoms with Crippen molar-refractivity contribution >= 4 is 27.5 Å². The Morgan fingerprint density at radius 1 is 1.56 bits per heavy atom. The predicted octanol–water partition coefficient (Wildman–Crippen LogP) is 1.31. The first kappa shape index (κ1) is 14.7. The predicted molar refractivity (Wildman–Crippen MR) is 68.9 cm³/mol. The van der Waals surface area contributed by atoms with E-state index in [0.29, 0.717) is 13.2 Å². The van der Waals surface area contributed by atoms with Crippen molar-refractivity contribution in [1.29, 1.82) is 0 Å². The van der Waals surface area contributed by atoms with Crippen molar-refractivity contribution < 1.29 is 18.7 Å². The SMILES string of the molecule is COCCNC(=O)COc1cc(F)c(Br)cc1N. The van der Waals surface area contributed by atoms with Gasteiger partial charge in [-0.15, -0.1) is 0 Å². The second kappa shape index (κ2) is 7.17. The number of ether oxygens (including phenoxy) is 2. The van der Waals surface area contributed by atoms with Gasteiger partial charge >= 0.3 is 0 Å². The molecule has 0 saturated heterocycles. The number of carbonyl (C=O) groups excluding carboxylic acids is 1. The molecule has 0 atom stereocenters. The fraction of sp³-hybridized carbons (Fsp3) is 0.364. The first-order chi connectivity index (χ1) is 8.54. The normalized spacial score (nSPS) is 10.2. The number of nitrogen functional groups attached to an aromatic ring is 1. The number of benzene rings is 1. The van der Waals surface area contributed by atoms with Crippen LogP contribution in [-0.2, 0) is 9.53 Å². The van der Waals surface area contributed by atoms with Gasteiger partial charge in [0.2, 0.25) is 0 Å². The van der Waals surface area contributed by atoms with Crippen LogP contribution in [0, 0.1) is 5.82 Å². The van der Waals surface area contributed by atoms with E-state index in [1.165, 1.54) is 13.2 Å². The molecule has 0 unspecified atom stereocenters. The quantitative estimate of drug-likeness (QED) is 0.612. The molecule has 0 aliphatic carbocycles. The lowest BCUT2D eigenvalue weighted by Gasteiger charge is -2.10. The Kier molecular flexibility index (Phi) is 5.87. The summed E-state index contributed by atoms with van der Waals surface area (Å²) in [5.41, 5.74) is 5.88. The van der Waals surface area contributed by atoms with Gasteiger partial charge in [-0.1, -0.05) is 0 Å². The van der Waals surface area contributed by atoms with Crippen molar-refractivity contribution in [2.24, 2.45) is 0 Å². The number of anilines is 1. The molecule has 0 aliphatic rings. The molecule has 1 aromatic rings. The summed E-state index contributed by atoms with van der Waals surface area (Å²) in [5.74, 6) is -0.689. The third kappa shape index (κ3) is 4.50. The van der Waals surface area contributed by atoms with Crippen LogP contribution < -0.4 is 15.8 Å². The molecule has 5 nitrogen and oxygen atoms in total. The molecule has 7 heteroatoms. The van der Waals surface area contributed by atoms with Crippen molar-refractivity contribution in [3.8, 4) is 5.75 Å². The number of hydrogen-bond donors (Lipinski definition) is 2. The summed E-state index contributed by atoms with van der Waals surface area (Å²) in [5, 5.41) is 2.57. The molecule has 0 aromatic heterocycles. The summed E-state index contributed by atoms with van der Waals surface area (Å²) in [4.78, 5) is 11.3. The zero-order chi connectivity index (χ0) is 13.5. The van der Waals surface area contributed by atoms with Crippen LogP contribution in [0.4, 0.5) is 10.1 Å². The van der Waals surface area contributed by atoms with E-state index < -0.39 is 5.82 Å². The highest BCUT2D eigenvalue weighted by molar-refractivity contribution is 9.10. The monoisotopic (exact) mass is 320 g/mol. The molecule has 1 amide bonds. The van der Waals surface area contributed by atoms with Crippen molar-refractivity contribution in [3.05, 3.63) is 22.4 Å². The van der Waals surface area contributed by atoms with Crippen LogP contribution in [0.25, 0.3) is 0 Å². The van der Waals surface area contributed by atoms with Crippen molar-refractivity contribution in [2.75, 3.05) is 32.6 Å². The first-order valence-electron chi connectivity index (χ1n) is 5.17. The number of hydrogen-bond acceptors (Lipinski definition) is 4. The third-order valence-corrected chi connectivity index (χ3v) is 2.65. The minimum Gasteiger partial charge on any atom is -0.482 e. The second-order valence-electron chi connectivity index (χ2n) is 3.44. The molecular weight excluding hydrogens is 307 g/mol. The second-order valence-corrected chi connectivity index (χ2v) is 4.29. The van der Waals surface area contributed by atoms with E-state index in [1.807, 2.05) is 0 Å². The molecule has 0 saturated carbocycles. The Hall–Kier alpha value is -1.34. The van der Waals surface area contributed by atoms with Crippen LogP contribution in [0.2, 0.25) is 0 Å². The van der Waals surface area contributed by atoms with E-state index >= 15 is 0 Å². The average molecular weight is 321 g/mol. The van der Waals surface area contributed by atoms with E-state index in [1.54, 1.807) is 0 Å². The van der Waals surface area contributed by atoms with Crippen LogP contribution in [0.5, 0.6) is 5.75 Å². The van der Waals surface area contributed by atoms with Gasteiger partial charge in [0.1, 0.15) is 11.6 Å². The van der Waals surface area contributed by atoms with Crippen LogP contribution in [0.15, 0.2) is 16.6 Å². The third-order valence-electron chi connectivity index (χ3n) is 2.04. The van der Waals surface area contributed by atoms with E-state index in [4.69, 9.17) is 15.2 Å². The van der Waals surface area contributed by atoms with Gasteiger partial charge in [-0.2, -0.15) is 0 Å². The molecular formula is C11H14BrFN2O3. The first-order valence-corrected chi connectivity index (χ1v) is 5.97. The number of amides is 1. The standard InChI is InChI=1S/C11H14BrFN2O3/c1-17-3-2-15-11(16)6-18-10-5-8(13)7(12)4-9(10)14/h4-5H,2-3,6,14H2,1H3,(H,15,16). The van der Waals surface area contributed by atoms with Crippen molar-refractivity contribution in [2.45, 2.75) is 0 Å². The summed E-state index contributed by atoms with van der Waals surface area (Å²) in [7, 11) is 1.54. The molecule has 3 N–H and O–H groups in total. The largest absolute Gasteiger partial charge is 0.482 e. The van der Waals surface area contributed by atoms with E-state index in [0.717, 1.165) is 6.07 Å². The summed E-state index contributed by atoms with van der Waals surface area (Å²) in [6.45, 7) is 0.582. The maximum absolute atomic E-state index is 13.2. The molecule has 0 fully saturated rings. The molecule has 1 aromatic carbocycles. The average Bonchev–Trinajstić information content (AvgIpc) is 2.32. The zero-order valence-electron chi connectivity index (χ0n) is 9.83. The lowest BCUT2D eigenvalue weighted by atomic mass is 10.3. The zero-order valence-corrected chi connectivity index (χ0v) is 11.4. The van der Waals surface area contributed by atoms with Crippen molar-refractivity contribution in [3.63, 3.8) is 0 Å². The molecule has 0 bridgehead atoms.